The van der Waals surface area contributed by atoms with Gasteiger partial charge in [0, 0.05) is 11.9 Å². The van der Waals surface area contributed by atoms with E-state index in [0.29, 0.717) is 0 Å². The van der Waals surface area contributed by atoms with Crippen molar-refractivity contribution in [2.45, 2.75) is 25.8 Å². The van der Waals surface area contributed by atoms with Gasteiger partial charge in [-0.1, -0.05) is 0 Å². The van der Waals surface area contributed by atoms with Crippen molar-refractivity contribution in [3.8, 4) is 0 Å². The second kappa shape index (κ2) is 3.63. The van der Waals surface area contributed by atoms with Crippen LogP contribution >= 0.6 is 10.9 Å². The maximum absolute atomic E-state index is 2.63. The Morgan fingerprint density at radius 1 is 1.50 bits per heavy atom. The van der Waals surface area contributed by atoms with Gasteiger partial charge in [-0.25, -0.2) is 10.9 Å². The summed E-state index contributed by atoms with van der Waals surface area (Å²) in [6.45, 7) is 3.70. The van der Waals surface area contributed by atoms with Gasteiger partial charge in [-0.2, -0.15) is 0 Å². The lowest BCUT2D eigenvalue weighted by Gasteiger charge is -2.24. The molecule has 1 unspecified atom stereocenters. The smallest absolute Gasteiger partial charge is 0.0264 e. The largest absolute Gasteiger partial charge is 0.293 e. The minimum absolute atomic E-state index is 0.288. The van der Waals surface area contributed by atoms with Crippen LogP contribution in [0.1, 0.15) is 19.8 Å². The van der Waals surface area contributed by atoms with Crippen molar-refractivity contribution in [3.05, 3.63) is 0 Å². The van der Waals surface area contributed by atoms with E-state index in [4.69, 9.17) is 0 Å². The van der Waals surface area contributed by atoms with Crippen molar-refractivity contribution < 1.29 is 0 Å². The molecule has 1 atom stereocenters. The van der Waals surface area contributed by atoms with Gasteiger partial charge in [0.2, 0.25) is 0 Å². The van der Waals surface area contributed by atoms with Crippen LogP contribution in [-0.4, -0.2) is 35.9 Å². The molecule has 0 aromatic rings. The molecule has 0 aromatic carbocycles. The van der Waals surface area contributed by atoms with Crippen molar-refractivity contribution in [2.75, 3.05) is 24.9 Å². The minimum atomic E-state index is 0.288. The molecule has 1 fully saturated rings. The van der Waals surface area contributed by atoms with Crippen molar-refractivity contribution in [1.82, 2.24) is 4.90 Å². The van der Waals surface area contributed by atoms with Crippen LogP contribution in [-0.2, 0) is 0 Å². The summed E-state index contributed by atoms with van der Waals surface area (Å²) in [7, 11) is 0.288. The Kier molecular flexibility index (Phi) is 3.05. The quantitative estimate of drug-likeness (QED) is 0.603. The zero-order valence-corrected chi connectivity index (χ0v) is 8.19. The van der Waals surface area contributed by atoms with Crippen LogP contribution in [0.15, 0.2) is 0 Å². The third-order valence-corrected chi connectivity index (χ3v) is 3.08. The Balaban J connectivity index is 2.26. The Hall–Kier alpha value is 0.310. The molecule has 62 valence electrons. The first-order chi connectivity index (χ1) is 4.70. The van der Waals surface area contributed by atoms with E-state index in [1.165, 1.54) is 25.3 Å². The molecule has 0 saturated carbocycles. The lowest BCUT2D eigenvalue weighted by atomic mass is 10.2. The summed E-state index contributed by atoms with van der Waals surface area (Å²) in [6, 6.07) is 0.866. The molecular formula is C8H19NS. The number of rotatable bonds is 2. The third kappa shape index (κ3) is 2.17. The molecule has 0 N–H and O–H groups in total. The third-order valence-electron chi connectivity index (χ3n) is 2.16. The van der Waals surface area contributed by atoms with E-state index >= 15 is 0 Å². The summed E-state index contributed by atoms with van der Waals surface area (Å²) in [4.78, 5) is 2.63. The highest BCUT2D eigenvalue weighted by Gasteiger charge is 2.19. The predicted molar refractivity (Wildman–Crippen MR) is 51.1 cm³/mol. The van der Waals surface area contributed by atoms with Gasteiger partial charge in [-0.05, 0) is 38.8 Å². The first kappa shape index (κ1) is 8.41. The molecule has 1 rings (SSSR count). The maximum atomic E-state index is 2.63. The highest BCUT2D eigenvalue weighted by molar-refractivity contribution is 8.15. The standard InChI is InChI=1S/C8H19NS/c1-8-5-4-6-9(8)7-10(2)3/h8,10H,4-7H2,1-3H3. The topological polar surface area (TPSA) is 3.24 Å². The summed E-state index contributed by atoms with van der Waals surface area (Å²) in [5.41, 5.74) is 0. The van der Waals surface area contributed by atoms with Gasteiger partial charge in [0.25, 0.3) is 0 Å². The number of thiol groups is 1. The van der Waals surface area contributed by atoms with Gasteiger partial charge in [0.15, 0.2) is 0 Å². The van der Waals surface area contributed by atoms with Gasteiger partial charge in [0.1, 0.15) is 0 Å². The van der Waals surface area contributed by atoms with Crippen molar-refractivity contribution in [1.29, 1.82) is 0 Å². The van der Waals surface area contributed by atoms with Crippen LogP contribution in [0.5, 0.6) is 0 Å². The first-order valence-corrected chi connectivity index (χ1v) is 6.51. The van der Waals surface area contributed by atoms with E-state index in [1.807, 2.05) is 0 Å². The minimum Gasteiger partial charge on any atom is -0.293 e. The van der Waals surface area contributed by atoms with Crippen molar-refractivity contribution >= 4 is 10.9 Å². The van der Waals surface area contributed by atoms with E-state index in [9.17, 15) is 0 Å². The number of nitrogens with zero attached hydrogens (tertiary/aromatic N) is 1. The fraction of sp³-hybridized carbons (Fsp3) is 1.00. The lowest BCUT2D eigenvalue weighted by molar-refractivity contribution is 0.316. The number of hydrogen-bond acceptors (Lipinski definition) is 1. The molecule has 0 bridgehead atoms. The average Bonchev–Trinajstić information content (AvgIpc) is 2.15. The van der Waals surface area contributed by atoms with Crippen LogP contribution in [0.4, 0.5) is 0 Å². The fourth-order valence-corrected chi connectivity index (χ4v) is 2.71. The fourth-order valence-electron chi connectivity index (χ4n) is 1.57. The normalized spacial score (nSPS) is 29.1. The molecule has 0 aromatic heterocycles. The second-order valence-corrected chi connectivity index (χ2v) is 5.97. The summed E-state index contributed by atoms with van der Waals surface area (Å²) >= 11 is 0. The number of likely N-dealkylation sites (tertiary alicyclic amines) is 1. The molecular weight excluding hydrogens is 142 g/mol. The van der Waals surface area contributed by atoms with Crippen LogP contribution in [0.3, 0.4) is 0 Å². The summed E-state index contributed by atoms with van der Waals surface area (Å²) < 4.78 is 0. The van der Waals surface area contributed by atoms with E-state index in [-0.39, 0.29) is 10.9 Å². The zero-order valence-electron chi connectivity index (χ0n) is 7.30. The Bertz CT molecular complexity index is 103. The first-order valence-electron chi connectivity index (χ1n) is 4.09. The zero-order chi connectivity index (χ0) is 7.56. The SMILES string of the molecule is CC1CCCN1C[SH](C)C. The Labute approximate surface area is 67.1 Å². The molecule has 1 nitrogen and oxygen atoms in total. The lowest BCUT2D eigenvalue weighted by Crippen LogP contribution is -2.27. The molecule has 1 aliphatic heterocycles. The molecule has 2 heteroatoms. The highest BCUT2D eigenvalue weighted by Crippen LogP contribution is 2.23. The van der Waals surface area contributed by atoms with E-state index in [2.05, 4.69) is 24.3 Å². The van der Waals surface area contributed by atoms with Crippen LogP contribution in [0.25, 0.3) is 0 Å². The van der Waals surface area contributed by atoms with Crippen LogP contribution in [0.2, 0.25) is 0 Å². The summed E-state index contributed by atoms with van der Waals surface area (Å²) in [5.74, 6) is 1.36. The summed E-state index contributed by atoms with van der Waals surface area (Å²) in [6.07, 6.45) is 7.56. The Morgan fingerprint density at radius 3 is 2.60 bits per heavy atom. The van der Waals surface area contributed by atoms with E-state index in [0.717, 1.165) is 6.04 Å². The van der Waals surface area contributed by atoms with Gasteiger partial charge in [-0.3, -0.25) is 4.90 Å². The van der Waals surface area contributed by atoms with Gasteiger partial charge >= 0.3 is 0 Å². The number of hydrogen-bond donors (Lipinski definition) is 1. The second-order valence-electron chi connectivity index (χ2n) is 3.52. The van der Waals surface area contributed by atoms with E-state index < -0.39 is 0 Å². The van der Waals surface area contributed by atoms with Crippen LogP contribution in [0, 0.1) is 0 Å². The average molecular weight is 161 g/mol. The molecule has 1 saturated heterocycles. The molecule has 10 heavy (non-hydrogen) atoms. The van der Waals surface area contributed by atoms with Crippen molar-refractivity contribution in [3.63, 3.8) is 0 Å². The monoisotopic (exact) mass is 161 g/mol. The predicted octanol–water partition coefficient (Wildman–Crippen LogP) is 1.69. The van der Waals surface area contributed by atoms with Gasteiger partial charge in [-0.15, -0.1) is 0 Å². The van der Waals surface area contributed by atoms with Gasteiger partial charge in [0.05, 0.1) is 0 Å². The molecule has 1 heterocycles. The van der Waals surface area contributed by atoms with Gasteiger partial charge < -0.3 is 0 Å². The van der Waals surface area contributed by atoms with Crippen molar-refractivity contribution in [2.24, 2.45) is 0 Å². The molecule has 0 spiro atoms. The molecule has 0 aliphatic carbocycles. The molecule has 0 radical (unpaired) electrons. The molecule has 1 aliphatic rings. The maximum Gasteiger partial charge on any atom is 0.0264 e. The summed E-state index contributed by atoms with van der Waals surface area (Å²) in [5, 5.41) is 0. The molecule has 0 amide bonds. The Morgan fingerprint density at radius 2 is 2.20 bits per heavy atom. The van der Waals surface area contributed by atoms with E-state index in [1.54, 1.807) is 0 Å². The van der Waals surface area contributed by atoms with Crippen LogP contribution < -0.4 is 0 Å². The highest BCUT2D eigenvalue weighted by atomic mass is 32.2.